The van der Waals surface area contributed by atoms with Crippen molar-refractivity contribution in [1.82, 2.24) is 5.32 Å². The van der Waals surface area contributed by atoms with E-state index < -0.39 is 5.60 Å². The van der Waals surface area contributed by atoms with Crippen LogP contribution in [0, 0.1) is 0 Å². The SMILES string of the molecule is CCC(O)(CNC)c1ccccc1.Cl. The minimum Gasteiger partial charge on any atom is -0.384 e. The van der Waals surface area contributed by atoms with Crippen molar-refractivity contribution in [3.05, 3.63) is 35.9 Å². The van der Waals surface area contributed by atoms with Gasteiger partial charge in [0.2, 0.25) is 0 Å². The first-order chi connectivity index (χ1) is 6.23. The largest absolute Gasteiger partial charge is 0.384 e. The third kappa shape index (κ3) is 2.98. The summed E-state index contributed by atoms with van der Waals surface area (Å²) >= 11 is 0. The van der Waals surface area contributed by atoms with Gasteiger partial charge >= 0.3 is 0 Å². The lowest BCUT2D eigenvalue weighted by Crippen LogP contribution is -2.35. The number of halogens is 1. The van der Waals surface area contributed by atoms with Gasteiger partial charge in [0.25, 0.3) is 0 Å². The van der Waals surface area contributed by atoms with Gasteiger partial charge in [0.15, 0.2) is 0 Å². The minimum atomic E-state index is -0.726. The van der Waals surface area contributed by atoms with Gasteiger partial charge in [-0.2, -0.15) is 0 Å². The molecular weight excluding hydrogens is 198 g/mol. The summed E-state index contributed by atoms with van der Waals surface area (Å²) in [6.07, 6.45) is 0.720. The van der Waals surface area contributed by atoms with Crippen LogP contribution in [0.5, 0.6) is 0 Å². The molecule has 0 saturated carbocycles. The number of likely N-dealkylation sites (N-methyl/N-ethyl adjacent to an activating group) is 1. The molecule has 0 fully saturated rings. The number of aliphatic hydroxyl groups is 1. The van der Waals surface area contributed by atoms with Gasteiger partial charge < -0.3 is 10.4 Å². The fourth-order valence-corrected chi connectivity index (χ4v) is 1.47. The first-order valence-corrected chi connectivity index (χ1v) is 4.65. The second-order valence-electron chi connectivity index (χ2n) is 3.28. The van der Waals surface area contributed by atoms with Gasteiger partial charge in [-0.3, -0.25) is 0 Å². The Labute approximate surface area is 91.8 Å². The normalized spacial score (nSPS) is 14.2. The van der Waals surface area contributed by atoms with Gasteiger partial charge in [0.1, 0.15) is 5.60 Å². The molecule has 1 aromatic rings. The highest BCUT2D eigenvalue weighted by molar-refractivity contribution is 5.85. The first kappa shape index (κ1) is 13.4. The average molecular weight is 216 g/mol. The van der Waals surface area contributed by atoms with Crippen molar-refractivity contribution in [3.63, 3.8) is 0 Å². The zero-order chi connectivity index (χ0) is 9.73. The summed E-state index contributed by atoms with van der Waals surface area (Å²) in [6.45, 7) is 2.58. The highest BCUT2D eigenvalue weighted by Gasteiger charge is 2.25. The van der Waals surface area contributed by atoms with Crippen molar-refractivity contribution in [2.45, 2.75) is 18.9 Å². The predicted molar refractivity (Wildman–Crippen MR) is 61.8 cm³/mol. The van der Waals surface area contributed by atoms with Crippen LogP contribution in [0.4, 0.5) is 0 Å². The molecule has 3 heteroatoms. The summed E-state index contributed by atoms with van der Waals surface area (Å²) in [6, 6.07) is 9.78. The number of nitrogens with one attached hydrogen (secondary N) is 1. The lowest BCUT2D eigenvalue weighted by Gasteiger charge is -2.26. The fraction of sp³-hybridized carbons (Fsp3) is 0.455. The molecule has 1 rings (SSSR count). The van der Waals surface area contributed by atoms with E-state index in [1.807, 2.05) is 44.3 Å². The molecule has 0 aliphatic rings. The van der Waals surface area contributed by atoms with E-state index in [1.54, 1.807) is 0 Å². The second-order valence-corrected chi connectivity index (χ2v) is 3.28. The van der Waals surface area contributed by atoms with E-state index in [4.69, 9.17) is 0 Å². The van der Waals surface area contributed by atoms with E-state index in [0.717, 1.165) is 12.0 Å². The van der Waals surface area contributed by atoms with E-state index in [-0.39, 0.29) is 12.4 Å². The fourth-order valence-electron chi connectivity index (χ4n) is 1.47. The Morgan fingerprint density at radius 1 is 1.29 bits per heavy atom. The van der Waals surface area contributed by atoms with Crippen molar-refractivity contribution < 1.29 is 5.11 Å². The van der Waals surface area contributed by atoms with Gasteiger partial charge in [-0.15, -0.1) is 12.4 Å². The van der Waals surface area contributed by atoms with E-state index in [0.29, 0.717) is 6.54 Å². The summed E-state index contributed by atoms with van der Waals surface area (Å²) in [5.74, 6) is 0. The minimum absolute atomic E-state index is 0. The molecule has 1 unspecified atom stereocenters. The molecule has 80 valence electrons. The van der Waals surface area contributed by atoms with Gasteiger partial charge in [-0.1, -0.05) is 37.3 Å². The van der Waals surface area contributed by atoms with Crippen LogP contribution < -0.4 is 5.32 Å². The molecule has 0 bridgehead atoms. The molecule has 0 spiro atoms. The molecule has 0 aliphatic carbocycles. The summed E-state index contributed by atoms with van der Waals surface area (Å²) in [5, 5.41) is 13.2. The molecule has 2 N–H and O–H groups in total. The Balaban J connectivity index is 0.00000169. The Bertz CT molecular complexity index is 253. The molecule has 0 aromatic heterocycles. The number of benzene rings is 1. The third-order valence-electron chi connectivity index (χ3n) is 2.37. The highest BCUT2D eigenvalue weighted by Crippen LogP contribution is 2.23. The number of rotatable bonds is 4. The monoisotopic (exact) mass is 215 g/mol. The molecule has 1 aromatic carbocycles. The molecule has 1 atom stereocenters. The maximum Gasteiger partial charge on any atom is 0.102 e. The van der Waals surface area contributed by atoms with E-state index in [2.05, 4.69) is 5.32 Å². The Morgan fingerprint density at radius 3 is 2.29 bits per heavy atom. The van der Waals surface area contributed by atoms with Crippen LogP contribution in [0.25, 0.3) is 0 Å². The molecular formula is C11H18ClNO. The zero-order valence-electron chi connectivity index (χ0n) is 8.66. The molecule has 0 radical (unpaired) electrons. The van der Waals surface area contributed by atoms with Crippen molar-refractivity contribution >= 4 is 12.4 Å². The van der Waals surface area contributed by atoms with Crippen molar-refractivity contribution in [2.24, 2.45) is 0 Å². The van der Waals surface area contributed by atoms with E-state index in [9.17, 15) is 5.11 Å². The van der Waals surface area contributed by atoms with E-state index >= 15 is 0 Å². The van der Waals surface area contributed by atoms with Crippen LogP contribution >= 0.6 is 12.4 Å². The summed E-state index contributed by atoms with van der Waals surface area (Å²) in [4.78, 5) is 0. The summed E-state index contributed by atoms with van der Waals surface area (Å²) in [5.41, 5.74) is 0.252. The van der Waals surface area contributed by atoms with Gasteiger partial charge in [0.05, 0.1) is 0 Å². The number of hydrogen-bond donors (Lipinski definition) is 2. The van der Waals surface area contributed by atoms with Crippen LogP contribution in [0.1, 0.15) is 18.9 Å². The van der Waals surface area contributed by atoms with Gasteiger partial charge in [0, 0.05) is 6.54 Å². The molecule has 0 amide bonds. The summed E-state index contributed by atoms with van der Waals surface area (Å²) in [7, 11) is 1.85. The quantitative estimate of drug-likeness (QED) is 0.805. The van der Waals surface area contributed by atoms with Crippen molar-refractivity contribution in [3.8, 4) is 0 Å². The topological polar surface area (TPSA) is 32.3 Å². The third-order valence-corrected chi connectivity index (χ3v) is 2.37. The molecule has 0 heterocycles. The predicted octanol–water partition coefficient (Wildman–Crippen LogP) is 1.93. The highest BCUT2D eigenvalue weighted by atomic mass is 35.5. The lowest BCUT2D eigenvalue weighted by atomic mass is 9.91. The molecule has 2 nitrogen and oxygen atoms in total. The number of hydrogen-bond acceptors (Lipinski definition) is 2. The Hall–Kier alpha value is -0.570. The van der Waals surface area contributed by atoms with Gasteiger partial charge in [-0.25, -0.2) is 0 Å². The first-order valence-electron chi connectivity index (χ1n) is 4.65. The van der Waals surface area contributed by atoms with Crippen LogP contribution in [0.15, 0.2) is 30.3 Å². The smallest absolute Gasteiger partial charge is 0.102 e. The van der Waals surface area contributed by atoms with Crippen molar-refractivity contribution in [2.75, 3.05) is 13.6 Å². The Morgan fingerprint density at radius 2 is 1.86 bits per heavy atom. The maximum atomic E-state index is 10.2. The van der Waals surface area contributed by atoms with Crippen LogP contribution in [0.3, 0.4) is 0 Å². The molecule has 0 saturated heterocycles. The molecule has 0 aliphatic heterocycles. The zero-order valence-corrected chi connectivity index (χ0v) is 9.47. The Kier molecular flexibility index (Phi) is 5.77. The van der Waals surface area contributed by atoms with Crippen LogP contribution in [-0.4, -0.2) is 18.7 Å². The van der Waals surface area contributed by atoms with Crippen LogP contribution in [0.2, 0.25) is 0 Å². The molecule has 14 heavy (non-hydrogen) atoms. The van der Waals surface area contributed by atoms with Gasteiger partial charge in [-0.05, 0) is 19.0 Å². The maximum absolute atomic E-state index is 10.2. The second kappa shape index (κ2) is 6.02. The summed E-state index contributed by atoms with van der Waals surface area (Å²) < 4.78 is 0. The van der Waals surface area contributed by atoms with Crippen molar-refractivity contribution in [1.29, 1.82) is 0 Å². The van der Waals surface area contributed by atoms with Crippen LogP contribution in [-0.2, 0) is 5.60 Å². The average Bonchev–Trinajstić information content (AvgIpc) is 2.19. The lowest BCUT2D eigenvalue weighted by molar-refractivity contribution is 0.0346. The van der Waals surface area contributed by atoms with E-state index in [1.165, 1.54) is 0 Å². The standard InChI is InChI=1S/C11H17NO.ClH/c1-3-11(13,9-12-2)10-7-5-4-6-8-10;/h4-8,12-13H,3,9H2,1-2H3;1H.